The zero-order chi connectivity index (χ0) is 16.1. The maximum Gasteiger partial charge on any atom is 0.249 e. The Hall–Kier alpha value is -1.83. The monoisotopic (exact) mass is 332 g/mol. The number of nitrogens with one attached hydrogen (secondary N) is 1. The first kappa shape index (κ1) is 16.0. The van der Waals surface area contributed by atoms with E-state index in [0.29, 0.717) is 0 Å². The SMILES string of the molecule is CN1CCC(ONC(=O)Cc2csc(-c3ccccn3)n2)CC1. The molecule has 6 nitrogen and oxygen atoms in total. The zero-order valence-corrected chi connectivity index (χ0v) is 13.9. The van der Waals surface area contributed by atoms with Crippen LogP contribution in [0.2, 0.25) is 0 Å². The number of hydrogen-bond acceptors (Lipinski definition) is 6. The Kier molecular flexibility index (Phi) is 5.32. The fourth-order valence-electron chi connectivity index (χ4n) is 2.45. The number of thiazole rings is 1. The van der Waals surface area contributed by atoms with Crippen LogP contribution in [0.4, 0.5) is 0 Å². The summed E-state index contributed by atoms with van der Waals surface area (Å²) in [5, 5.41) is 2.71. The molecule has 1 saturated heterocycles. The van der Waals surface area contributed by atoms with Crippen LogP contribution in [0.15, 0.2) is 29.8 Å². The first-order valence-electron chi connectivity index (χ1n) is 7.69. The second kappa shape index (κ2) is 7.63. The van der Waals surface area contributed by atoms with Gasteiger partial charge in [-0.25, -0.2) is 10.5 Å². The lowest BCUT2D eigenvalue weighted by Crippen LogP contribution is -2.38. The fourth-order valence-corrected chi connectivity index (χ4v) is 3.24. The molecule has 1 aliphatic rings. The number of hydroxylamine groups is 1. The number of pyridine rings is 1. The molecule has 1 amide bonds. The van der Waals surface area contributed by atoms with Crippen LogP contribution in [0.3, 0.4) is 0 Å². The Balaban J connectivity index is 1.48. The maximum atomic E-state index is 12.0. The van der Waals surface area contributed by atoms with Crippen molar-refractivity contribution in [2.24, 2.45) is 0 Å². The summed E-state index contributed by atoms with van der Waals surface area (Å²) >= 11 is 1.49. The van der Waals surface area contributed by atoms with Gasteiger partial charge in [-0.1, -0.05) is 6.07 Å². The predicted molar refractivity (Wildman–Crippen MR) is 88.8 cm³/mol. The lowest BCUT2D eigenvalue weighted by atomic mass is 10.1. The number of carbonyl (C=O) groups excluding carboxylic acids is 1. The van der Waals surface area contributed by atoms with E-state index in [-0.39, 0.29) is 18.4 Å². The van der Waals surface area contributed by atoms with E-state index in [0.717, 1.165) is 42.3 Å². The van der Waals surface area contributed by atoms with Crippen LogP contribution < -0.4 is 5.48 Å². The zero-order valence-electron chi connectivity index (χ0n) is 13.1. The standard InChI is InChI=1S/C16H20N4O2S/c1-20-8-5-13(6-9-20)22-19-15(21)10-12-11-23-16(18-12)14-4-2-3-7-17-14/h2-4,7,11,13H,5-6,8-10H2,1H3,(H,19,21). The molecule has 0 bridgehead atoms. The first-order valence-corrected chi connectivity index (χ1v) is 8.57. The van der Waals surface area contributed by atoms with Crippen LogP contribution >= 0.6 is 11.3 Å². The van der Waals surface area contributed by atoms with Gasteiger partial charge in [0.2, 0.25) is 5.91 Å². The average Bonchev–Trinajstić information content (AvgIpc) is 3.04. The summed E-state index contributed by atoms with van der Waals surface area (Å²) < 4.78 is 0. The van der Waals surface area contributed by atoms with Gasteiger partial charge in [0.05, 0.1) is 23.9 Å². The number of carbonyl (C=O) groups is 1. The molecule has 0 atom stereocenters. The van der Waals surface area contributed by atoms with Crippen molar-refractivity contribution in [1.82, 2.24) is 20.3 Å². The van der Waals surface area contributed by atoms with Gasteiger partial charge in [-0.3, -0.25) is 14.6 Å². The third-order valence-electron chi connectivity index (χ3n) is 3.78. The average molecular weight is 332 g/mol. The molecule has 0 unspecified atom stereocenters. The first-order chi connectivity index (χ1) is 11.2. The molecular weight excluding hydrogens is 312 g/mol. The van der Waals surface area contributed by atoms with Crippen molar-refractivity contribution in [1.29, 1.82) is 0 Å². The van der Waals surface area contributed by atoms with Crippen molar-refractivity contribution in [3.8, 4) is 10.7 Å². The lowest BCUT2D eigenvalue weighted by Gasteiger charge is -2.28. The van der Waals surface area contributed by atoms with Gasteiger partial charge >= 0.3 is 0 Å². The number of piperidine rings is 1. The molecule has 3 rings (SSSR count). The number of hydrogen-bond donors (Lipinski definition) is 1. The van der Waals surface area contributed by atoms with E-state index >= 15 is 0 Å². The van der Waals surface area contributed by atoms with Gasteiger partial charge in [-0.15, -0.1) is 11.3 Å². The Bertz CT molecular complexity index is 639. The Morgan fingerprint density at radius 3 is 3.00 bits per heavy atom. The topological polar surface area (TPSA) is 67.3 Å². The highest BCUT2D eigenvalue weighted by atomic mass is 32.1. The predicted octanol–water partition coefficient (Wildman–Crippen LogP) is 1.89. The van der Waals surface area contributed by atoms with E-state index in [1.807, 2.05) is 23.6 Å². The second-order valence-electron chi connectivity index (χ2n) is 5.68. The number of amides is 1. The molecule has 23 heavy (non-hydrogen) atoms. The third-order valence-corrected chi connectivity index (χ3v) is 4.70. The molecule has 0 spiro atoms. The summed E-state index contributed by atoms with van der Waals surface area (Å²) in [4.78, 5) is 28.4. The largest absolute Gasteiger partial charge is 0.306 e. The van der Waals surface area contributed by atoms with E-state index in [2.05, 4.69) is 27.4 Å². The van der Waals surface area contributed by atoms with Gasteiger partial charge in [-0.2, -0.15) is 0 Å². The molecule has 2 aromatic heterocycles. The second-order valence-corrected chi connectivity index (χ2v) is 6.54. The molecule has 1 N–H and O–H groups in total. The minimum absolute atomic E-state index is 0.106. The van der Waals surface area contributed by atoms with Gasteiger partial charge in [0, 0.05) is 24.7 Å². The number of aromatic nitrogens is 2. The summed E-state index contributed by atoms with van der Waals surface area (Å²) in [5.74, 6) is -0.165. The van der Waals surface area contributed by atoms with Crippen LogP contribution in [0.1, 0.15) is 18.5 Å². The van der Waals surface area contributed by atoms with Gasteiger partial charge < -0.3 is 4.90 Å². The summed E-state index contributed by atoms with van der Waals surface area (Å²) in [6.07, 6.45) is 3.94. The van der Waals surface area contributed by atoms with Gasteiger partial charge in [0.1, 0.15) is 5.01 Å². The van der Waals surface area contributed by atoms with Crippen LogP contribution in [0.5, 0.6) is 0 Å². The van der Waals surface area contributed by atoms with Crippen LogP contribution in [0, 0.1) is 0 Å². The molecule has 122 valence electrons. The smallest absolute Gasteiger partial charge is 0.249 e. The fraction of sp³-hybridized carbons (Fsp3) is 0.438. The Morgan fingerprint density at radius 2 is 2.26 bits per heavy atom. The van der Waals surface area contributed by atoms with Crippen molar-refractivity contribution in [3.05, 3.63) is 35.5 Å². The van der Waals surface area contributed by atoms with Crippen molar-refractivity contribution < 1.29 is 9.63 Å². The summed E-state index contributed by atoms with van der Waals surface area (Å²) in [6, 6.07) is 5.70. The number of nitrogens with zero attached hydrogens (tertiary/aromatic N) is 3. The van der Waals surface area contributed by atoms with Crippen molar-refractivity contribution in [2.45, 2.75) is 25.4 Å². The van der Waals surface area contributed by atoms with Gasteiger partial charge in [-0.05, 0) is 32.0 Å². The number of likely N-dealkylation sites (tertiary alicyclic amines) is 1. The molecule has 0 aromatic carbocycles. The van der Waals surface area contributed by atoms with E-state index < -0.39 is 0 Å². The maximum absolute atomic E-state index is 12.0. The summed E-state index contributed by atoms with van der Waals surface area (Å²) in [7, 11) is 2.09. The van der Waals surface area contributed by atoms with Gasteiger partial charge in [0.15, 0.2) is 0 Å². The molecule has 0 aliphatic carbocycles. The highest BCUT2D eigenvalue weighted by molar-refractivity contribution is 7.13. The molecule has 0 radical (unpaired) electrons. The minimum atomic E-state index is -0.165. The van der Waals surface area contributed by atoms with E-state index in [1.54, 1.807) is 6.20 Å². The molecule has 2 aromatic rings. The molecule has 7 heteroatoms. The third kappa shape index (κ3) is 4.57. The van der Waals surface area contributed by atoms with E-state index in [4.69, 9.17) is 4.84 Å². The van der Waals surface area contributed by atoms with Crippen molar-refractivity contribution in [2.75, 3.05) is 20.1 Å². The van der Waals surface area contributed by atoms with E-state index in [9.17, 15) is 4.79 Å². The highest BCUT2D eigenvalue weighted by Gasteiger charge is 2.18. The Morgan fingerprint density at radius 1 is 1.43 bits per heavy atom. The Labute approximate surface area is 139 Å². The summed E-state index contributed by atoms with van der Waals surface area (Å²) in [6.45, 7) is 2.00. The molecule has 1 aliphatic heterocycles. The van der Waals surface area contributed by atoms with Crippen LogP contribution in [-0.2, 0) is 16.1 Å². The van der Waals surface area contributed by atoms with Crippen LogP contribution in [-0.4, -0.2) is 47.0 Å². The number of rotatable bonds is 5. The molecule has 3 heterocycles. The van der Waals surface area contributed by atoms with E-state index in [1.165, 1.54) is 11.3 Å². The summed E-state index contributed by atoms with van der Waals surface area (Å²) in [5.41, 5.74) is 4.12. The van der Waals surface area contributed by atoms with Crippen molar-refractivity contribution in [3.63, 3.8) is 0 Å². The molecular formula is C16H20N4O2S. The normalized spacial score (nSPS) is 16.4. The van der Waals surface area contributed by atoms with Gasteiger partial charge in [0.25, 0.3) is 0 Å². The highest BCUT2D eigenvalue weighted by Crippen LogP contribution is 2.21. The minimum Gasteiger partial charge on any atom is -0.306 e. The quantitative estimate of drug-likeness (QED) is 0.847. The molecule has 0 saturated carbocycles. The van der Waals surface area contributed by atoms with Crippen molar-refractivity contribution >= 4 is 17.2 Å². The van der Waals surface area contributed by atoms with Crippen LogP contribution in [0.25, 0.3) is 10.7 Å². The lowest BCUT2D eigenvalue weighted by molar-refractivity contribution is -0.140. The molecule has 1 fully saturated rings.